The summed E-state index contributed by atoms with van der Waals surface area (Å²) in [5.41, 5.74) is 14.0. The Morgan fingerprint density at radius 1 is 0.478 bits per heavy atom. The van der Waals surface area contributed by atoms with Crippen LogP contribution in [0.15, 0.2) is 164 Å². The molecular formula is C63H61N4OPt-3. The van der Waals surface area contributed by atoms with E-state index in [-0.39, 0.29) is 42.7 Å². The molecule has 0 unspecified atom stereocenters. The third-order valence-corrected chi connectivity index (χ3v) is 13.7. The second kappa shape index (κ2) is 17.8. The fourth-order valence-corrected chi connectivity index (χ4v) is 9.40. The van der Waals surface area contributed by atoms with E-state index in [0.717, 1.165) is 55.9 Å². The summed E-state index contributed by atoms with van der Waals surface area (Å²) in [7, 11) is 0. The Morgan fingerprint density at radius 2 is 1.14 bits per heavy atom. The largest absolute Gasteiger partial charge is 0.509 e. The number of fused-ring (bicyclic) bond motifs is 4. The summed E-state index contributed by atoms with van der Waals surface area (Å²) in [5.74, 6) is 2.05. The summed E-state index contributed by atoms with van der Waals surface area (Å²) in [4.78, 5) is 9.56. The van der Waals surface area contributed by atoms with Crippen LogP contribution in [-0.4, -0.2) is 9.55 Å². The van der Waals surface area contributed by atoms with E-state index in [9.17, 15) is 0 Å². The molecule has 0 fully saturated rings. The second-order valence-corrected chi connectivity index (χ2v) is 22.0. The molecule has 0 bridgehead atoms. The summed E-state index contributed by atoms with van der Waals surface area (Å²) in [5, 5.41) is 2.23. The van der Waals surface area contributed by atoms with Crippen molar-refractivity contribution >= 4 is 44.6 Å². The van der Waals surface area contributed by atoms with E-state index in [4.69, 9.17) is 9.72 Å². The van der Waals surface area contributed by atoms with Gasteiger partial charge in [0.2, 0.25) is 0 Å². The van der Waals surface area contributed by atoms with Crippen LogP contribution in [0.5, 0.6) is 11.5 Å². The number of hydrogen-bond donors (Lipinski definition) is 0. The zero-order valence-corrected chi connectivity index (χ0v) is 44.0. The van der Waals surface area contributed by atoms with Crippen LogP contribution in [0.3, 0.4) is 0 Å². The van der Waals surface area contributed by atoms with Gasteiger partial charge in [-0.1, -0.05) is 173 Å². The maximum atomic E-state index is 7.02. The molecule has 1 aliphatic rings. The van der Waals surface area contributed by atoms with Gasteiger partial charge in [-0.05, 0) is 103 Å². The van der Waals surface area contributed by atoms with Crippen molar-refractivity contribution in [2.45, 2.75) is 97.8 Å². The average molecular weight is 1090 g/mol. The SMILES string of the molecule is CC(C)(C)c1cc(-c2ccccc2)cc(N2[CH-]N(c3[c-]c(Oc4[c-]c5c(cc4)c4ccccc4n5-c4cc(C(C)(C)C)ccn4)cc(C(C)(C)c4ccccc4)c3)c3cc(C(C)(C)C)ccc32)c1.[Pt]. The third-order valence-electron chi connectivity index (χ3n) is 13.7. The van der Waals surface area contributed by atoms with Crippen molar-refractivity contribution in [2.75, 3.05) is 9.80 Å². The standard InChI is InChI=1S/C63H61N4O.Pt/c1-60(2,3)45-26-29-56-58(37-45)66(41-65(56)49-33-43(42-20-14-12-15-21-42)32-47(34-49)62(7,8)9)50-35-48(63(10,11)44-22-16-13-17-23-44)36-52(39-50)68-51-27-28-54-53-24-18-19-25-55(53)67(57(54)40-51)59-38-46(30-31-64-59)61(4,5)6;/h12-38,41H,1-11H3;/q-3;. The number of rotatable bonds is 8. The molecule has 10 rings (SSSR count). The molecule has 0 N–H and O–H groups in total. The van der Waals surface area contributed by atoms with E-state index in [2.05, 4.69) is 261 Å². The molecule has 0 saturated heterocycles. The average Bonchev–Trinajstić information content (AvgIpc) is 3.87. The first-order valence-corrected chi connectivity index (χ1v) is 23.9. The Bertz CT molecular complexity index is 3330. The molecule has 0 atom stereocenters. The number of para-hydroxylation sites is 1. The monoisotopic (exact) mass is 1080 g/mol. The van der Waals surface area contributed by atoms with Gasteiger partial charge in [0.1, 0.15) is 5.82 Å². The van der Waals surface area contributed by atoms with Gasteiger partial charge in [-0.25, -0.2) is 4.98 Å². The van der Waals surface area contributed by atoms with Gasteiger partial charge in [0.25, 0.3) is 0 Å². The minimum atomic E-state index is -0.381. The Morgan fingerprint density at radius 3 is 1.86 bits per heavy atom. The van der Waals surface area contributed by atoms with Gasteiger partial charge in [0.15, 0.2) is 0 Å². The summed E-state index contributed by atoms with van der Waals surface area (Å²) >= 11 is 0. The Hall–Kier alpha value is -6.42. The van der Waals surface area contributed by atoms with Crippen LogP contribution in [0, 0.1) is 18.8 Å². The van der Waals surface area contributed by atoms with E-state index < -0.39 is 0 Å². The van der Waals surface area contributed by atoms with Crippen LogP contribution in [-0.2, 0) is 42.7 Å². The number of ether oxygens (including phenoxy) is 1. The number of aromatic nitrogens is 2. The molecule has 0 radical (unpaired) electrons. The molecule has 6 heteroatoms. The molecule has 0 spiro atoms. The molecule has 7 aromatic carbocycles. The van der Waals surface area contributed by atoms with Gasteiger partial charge in [-0.3, -0.25) is 0 Å². The molecule has 352 valence electrons. The maximum absolute atomic E-state index is 7.02. The smallest absolute Gasteiger partial charge is 0.135 e. The first-order valence-electron chi connectivity index (χ1n) is 23.9. The Kier molecular flexibility index (Phi) is 12.3. The minimum Gasteiger partial charge on any atom is -0.509 e. The van der Waals surface area contributed by atoms with Crippen molar-refractivity contribution < 1.29 is 25.8 Å². The Balaban J connectivity index is 0.00000593. The van der Waals surface area contributed by atoms with Crippen molar-refractivity contribution in [3.05, 3.63) is 211 Å². The van der Waals surface area contributed by atoms with E-state index in [1.165, 1.54) is 33.4 Å². The van der Waals surface area contributed by atoms with Gasteiger partial charge in [0, 0.05) is 61.3 Å². The molecule has 1 aliphatic heterocycles. The van der Waals surface area contributed by atoms with E-state index >= 15 is 0 Å². The van der Waals surface area contributed by atoms with Crippen molar-refractivity contribution in [3.63, 3.8) is 0 Å². The predicted molar refractivity (Wildman–Crippen MR) is 284 cm³/mol. The van der Waals surface area contributed by atoms with E-state index in [0.29, 0.717) is 11.5 Å². The topological polar surface area (TPSA) is 33.5 Å². The second-order valence-electron chi connectivity index (χ2n) is 22.0. The van der Waals surface area contributed by atoms with Crippen molar-refractivity contribution in [1.29, 1.82) is 0 Å². The van der Waals surface area contributed by atoms with Crippen molar-refractivity contribution in [1.82, 2.24) is 9.55 Å². The van der Waals surface area contributed by atoms with Crippen LogP contribution in [0.1, 0.15) is 104 Å². The quantitative estimate of drug-likeness (QED) is 0.142. The first kappa shape index (κ1) is 47.6. The number of nitrogens with zero attached hydrogens (tertiary/aromatic N) is 4. The number of anilines is 4. The summed E-state index contributed by atoms with van der Waals surface area (Å²) in [6.45, 7) is 27.2. The third kappa shape index (κ3) is 9.15. The van der Waals surface area contributed by atoms with Gasteiger partial charge in [-0.2, -0.15) is 6.07 Å². The number of benzene rings is 7. The van der Waals surface area contributed by atoms with Gasteiger partial charge >= 0.3 is 0 Å². The molecule has 9 aromatic rings. The predicted octanol–water partition coefficient (Wildman–Crippen LogP) is 16.9. The fraction of sp³-hybridized carbons (Fsp3) is 0.238. The molecule has 69 heavy (non-hydrogen) atoms. The normalized spacial score (nSPS) is 13.2. The van der Waals surface area contributed by atoms with Crippen LogP contribution in [0.2, 0.25) is 0 Å². The minimum absolute atomic E-state index is 0. The number of hydrogen-bond acceptors (Lipinski definition) is 4. The van der Waals surface area contributed by atoms with Crippen LogP contribution < -0.4 is 14.5 Å². The van der Waals surface area contributed by atoms with Crippen molar-refractivity contribution in [2.24, 2.45) is 0 Å². The molecule has 5 nitrogen and oxygen atoms in total. The molecule has 0 amide bonds. The number of pyridine rings is 1. The Labute approximate surface area is 424 Å². The van der Waals surface area contributed by atoms with E-state index in [1.54, 1.807) is 0 Å². The van der Waals surface area contributed by atoms with E-state index in [1.807, 2.05) is 12.3 Å². The van der Waals surface area contributed by atoms with Crippen molar-refractivity contribution in [3.8, 4) is 28.4 Å². The zero-order chi connectivity index (χ0) is 47.8. The van der Waals surface area contributed by atoms with Crippen LogP contribution in [0.25, 0.3) is 38.8 Å². The van der Waals surface area contributed by atoms with Gasteiger partial charge in [0.05, 0.1) is 0 Å². The zero-order valence-electron chi connectivity index (χ0n) is 41.7. The summed E-state index contributed by atoms with van der Waals surface area (Å²) in [6, 6.07) is 64.3. The van der Waals surface area contributed by atoms with Gasteiger partial charge < -0.3 is 19.1 Å². The molecule has 3 heterocycles. The van der Waals surface area contributed by atoms with Crippen LogP contribution >= 0.6 is 0 Å². The molecule has 0 aliphatic carbocycles. The first-order chi connectivity index (χ1) is 32.3. The summed E-state index contributed by atoms with van der Waals surface area (Å²) in [6.07, 6.45) is 1.91. The summed E-state index contributed by atoms with van der Waals surface area (Å²) < 4.78 is 9.23. The molecular weight excluding hydrogens is 1020 g/mol. The molecule has 2 aromatic heterocycles. The van der Waals surface area contributed by atoms with Crippen LogP contribution in [0.4, 0.5) is 22.7 Å². The molecule has 0 saturated carbocycles. The maximum Gasteiger partial charge on any atom is 0.135 e. The fourth-order valence-electron chi connectivity index (χ4n) is 9.40. The van der Waals surface area contributed by atoms with Gasteiger partial charge in [-0.15, -0.1) is 53.6 Å².